The van der Waals surface area contributed by atoms with Crippen LogP contribution in [0.4, 0.5) is 0 Å². The molecule has 0 bridgehead atoms. The zero-order valence-electron chi connectivity index (χ0n) is 14.5. The highest BCUT2D eigenvalue weighted by molar-refractivity contribution is 5.21. The lowest BCUT2D eigenvalue weighted by molar-refractivity contribution is 0.135. The van der Waals surface area contributed by atoms with Gasteiger partial charge in [0.2, 0.25) is 0 Å². The van der Waals surface area contributed by atoms with Crippen LogP contribution in [0.2, 0.25) is 0 Å². The van der Waals surface area contributed by atoms with Crippen LogP contribution in [0.1, 0.15) is 70.5 Å². The first-order chi connectivity index (χ1) is 9.89. The Labute approximate surface area is 130 Å². The van der Waals surface area contributed by atoms with Crippen LogP contribution >= 0.6 is 0 Å². The normalized spacial score (nSPS) is 20.9. The Morgan fingerprint density at radius 1 is 1.33 bits per heavy atom. The van der Waals surface area contributed by atoms with Crippen LogP contribution in [0.25, 0.3) is 0 Å². The van der Waals surface area contributed by atoms with E-state index in [1.165, 1.54) is 37.8 Å². The number of hydrogen-bond donors (Lipinski definition) is 1. The lowest BCUT2D eigenvalue weighted by Gasteiger charge is -2.35. The quantitative estimate of drug-likeness (QED) is 0.880. The van der Waals surface area contributed by atoms with Crippen molar-refractivity contribution in [1.82, 2.24) is 10.2 Å². The minimum absolute atomic E-state index is 0.126. The summed E-state index contributed by atoms with van der Waals surface area (Å²) in [5.41, 5.74) is 1.49. The van der Waals surface area contributed by atoms with Gasteiger partial charge in [0.15, 0.2) is 0 Å². The molecule has 1 N–H and O–H groups in total. The molecule has 1 aromatic rings. The summed E-state index contributed by atoms with van der Waals surface area (Å²) in [4.78, 5) is 2.64. The van der Waals surface area contributed by atoms with Gasteiger partial charge in [-0.05, 0) is 59.6 Å². The summed E-state index contributed by atoms with van der Waals surface area (Å²) < 4.78 is 5.93. The molecule has 1 aliphatic heterocycles. The predicted molar refractivity (Wildman–Crippen MR) is 88.4 cm³/mol. The van der Waals surface area contributed by atoms with Gasteiger partial charge in [0.05, 0.1) is 6.54 Å². The van der Waals surface area contributed by atoms with Crippen LogP contribution < -0.4 is 5.32 Å². The SMILES string of the molecule is CCC1CCCCN1Cc1cc(CNC(C)(C)C)oc1C. The monoisotopic (exact) mass is 292 g/mol. The highest BCUT2D eigenvalue weighted by Crippen LogP contribution is 2.24. The summed E-state index contributed by atoms with van der Waals surface area (Å²) in [5, 5.41) is 3.49. The van der Waals surface area contributed by atoms with Crippen molar-refractivity contribution in [1.29, 1.82) is 0 Å². The number of nitrogens with one attached hydrogen (secondary N) is 1. The van der Waals surface area contributed by atoms with Crippen molar-refractivity contribution in [3.05, 3.63) is 23.2 Å². The third-order valence-electron chi connectivity index (χ3n) is 4.46. The number of hydrogen-bond acceptors (Lipinski definition) is 3. The molecule has 1 saturated heterocycles. The number of nitrogens with zero attached hydrogens (tertiary/aromatic N) is 1. The van der Waals surface area contributed by atoms with Crippen molar-refractivity contribution in [2.75, 3.05) is 6.54 Å². The van der Waals surface area contributed by atoms with Gasteiger partial charge in [0.25, 0.3) is 0 Å². The van der Waals surface area contributed by atoms with E-state index in [2.05, 4.69) is 50.9 Å². The third kappa shape index (κ3) is 4.86. The van der Waals surface area contributed by atoms with Crippen molar-refractivity contribution in [3.63, 3.8) is 0 Å². The third-order valence-corrected chi connectivity index (χ3v) is 4.46. The van der Waals surface area contributed by atoms with E-state index < -0.39 is 0 Å². The summed E-state index contributed by atoms with van der Waals surface area (Å²) in [6, 6.07) is 3.00. The van der Waals surface area contributed by atoms with Gasteiger partial charge in [0, 0.05) is 23.7 Å². The fourth-order valence-electron chi connectivity index (χ4n) is 3.13. The molecule has 120 valence electrons. The number of aryl methyl sites for hydroxylation is 1. The maximum absolute atomic E-state index is 5.93. The summed E-state index contributed by atoms with van der Waals surface area (Å²) in [5.74, 6) is 2.14. The van der Waals surface area contributed by atoms with E-state index >= 15 is 0 Å². The Morgan fingerprint density at radius 2 is 2.10 bits per heavy atom. The molecule has 0 aliphatic carbocycles. The van der Waals surface area contributed by atoms with Crippen molar-refractivity contribution in [2.45, 2.75) is 85.0 Å². The predicted octanol–water partition coefficient (Wildman–Crippen LogP) is 4.24. The summed E-state index contributed by atoms with van der Waals surface area (Å²) in [6.45, 7) is 14.0. The van der Waals surface area contributed by atoms with Crippen LogP contribution in [0.5, 0.6) is 0 Å². The molecule has 0 saturated carbocycles. The van der Waals surface area contributed by atoms with Gasteiger partial charge in [-0.25, -0.2) is 0 Å². The average Bonchev–Trinajstić information content (AvgIpc) is 2.77. The molecule has 3 heteroatoms. The molecule has 1 aromatic heterocycles. The Bertz CT molecular complexity index is 445. The molecular formula is C18H32N2O. The maximum atomic E-state index is 5.93. The zero-order chi connectivity index (χ0) is 15.5. The van der Waals surface area contributed by atoms with E-state index in [0.717, 1.165) is 30.7 Å². The van der Waals surface area contributed by atoms with Gasteiger partial charge >= 0.3 is 0 Å². The molecule has 3 nitrogen and oxygen atoms in total. The van der Waals surface area contributed by atoms with Crippen LogP contribution in [-0.4, -0.2) is 23.0 Å². The molecule has 1 unspecified atom stereocenters. The van der Waals surface area contributed by atoms with E-state index in [1.807, 2.05) is 0 Å². The molecular weight excluding hydrogens is 260 g/mol. The molecule has 2 rings (SSSR count). The van der Waals surface area contributed by atoms with Crippen molar-refractivity contribution >= 4 is 0 Å². The van der Waals surface area contributed by atoms with Crippen LogP contribution in [0, 0.1) is 6.92 Å². The highest BCUT2D eigenvalue weighted by Gasteiger charge is 2.22. The Hall–Kier alpha value is -0.800. The first-order valence-corrected chi connectivity index (χ1v) is 8.46. The van der Waals surface area contributed by atoms with Crippen LogP contribution in [0.3, 0.4) is 0 Å². The molecule has 1 fully saturated rings. The standard InChI is InChI=1S/C18H32N2O/c1-6-16-9-7-8-10-20(16)13-15-11-17(21-14(15)2)12-19-18(3,4)5/h11,16,19H,6-10,12-13H2,1-5H3. The van der Waals surface area contributed by atoms with Gasteiger partial charge in [-0.2, -0.15) is 0 Å². The Morgan fingerprint density at radius 3 is 2.76 bits per heavy atom. The lowest BCUT2D eigenvalue weighted by atomic mass is 9.99. The molecule has 2 heterocycles. The van der Waals surface area contributed by atoms with Crippen LogP contribution in [0.15, 0.2) is 10.5 Å². The Kier molecular flexibility index (Phi) is 5.50. The van der Waals surface area contributed by atoms with E-state index in [9.17, 15) is 0 Å². The zero-order valence-corrected chi connectivity index (χ0v) is 14.5. The number of piperidine rings is 1. The molecule has 0 aromatic carbocycles. The summed E-state index contributed by atoms with van der Waals surface area (Å²) in [7, 11) is 0. The van der Waals surface area contributed by atoms with E-state index in [4.69, 9.17) is 4.42 Å². The van der Waals surface area contributed by atoms with Gasteiger partial charge in [0.1, 0.15) is 11.5 Å². The average molecular weight is 292 g/mol. The van der Waals surface area contributed by atoms with E-state index in [-0.39, 0.29) is 5.54 Å². The summed E-state index contributed by atoms with van der Waals surface area (Å²) >= 11 is 0. The number of likely N-dealkylation sites (tertiary alicyclic amines) is 1. The van der Waals surface area contributed by atoms with Gasteiger partial charge in [-0.3, -0.25) is 4.90 Å². The number of rotatable bonds is 5. The number of furan rings is 1. The van der Waals surface area contributed by atoms with Crippen molar-refractivity contribution in [2.24, 2.45) is 0 Å². The first kappa shape index (κ1) is 16.6. The molecule has 1 aliphatic rings. The minimum atomic E-state index is 0.126. The molecule has 21 heavy (non-hydrogen) atoms. The molecule has 0 radical (unpaired) electrons. The fraction of sp³-hybridized carbons (Fsp3) is 0.778. The molecule has 0 amide bonds. The first-order valence-electron chi connectivity index (χ1n) is 8.46. The minimum Gasteiger partial charge on any atom is -0.465 e. The van der Waals surface area contributed by atoms with Crippen molar-refractivity contribution in [3.8, 4) is 0 Å². The van der Waals surface area contributed by atoms with Crippen molar-refractivity contribution < 1.29 is 4.42 Å². The maximum Gasteiger partial charge on any atom is 0.118 e. The van der Waals surface area contributed by atoms with E-state index in [0.29, 0.717) is 0 Å². The Balaban J connectivity index is 1.98. The van der Waals surface area contributed by atoms with E-state index in [1.54, 1.807) is 0 Å². The van der Waals surface area contributed by atoms with Crippen LogP contribution in [-0.2, 0) is 13.1 Å². The lowest BCUT2D eigenvalue weighted by Crippen LogP contribution is -2.38. The molecule has 0 spiro atoms. The summed E-state index contributed by atoms with van der Waals surface area (Å²) in [6.07, 6.45) is 5.34. The topological polar surface area (TPSA) is 28.4 Å². The fourth-order valence-corrected chi connectivity index (χ4v) is 3.13. The second-order valence-electron chi connectivity index (χ2n) is 7.43. The largest absolute Gasteiger partial charge is 0.465 e. The second-order valence-corrected chi connectivity index (χ2v) is 7.43. The van der Waals surface area contributed by atoms with Gasteiger partial charge in [-0.1, -0.05) is 13.3 Å². The second kappa shape index (κ2) is 6.97. The molecule has 1 atom stereocenters. The van der Waals surface area contributed by atoms with Gasteiger partial charge in [-0.15, -0.1) is 0 Å². The smallest absolute Gasteiger partial charge is 0.118 e. The van der Waals surface area contributed by atoms with Gasteiger partial charge < -0.3 is 9.73 Å². The highest BCUT2D eigenvalue weighted by atomic mass is 16.3.